The Morgan fingerprint density at radius 1 is 1.32 bits per heavy atom. The van der Waals surface area contributed by atoms with Gasteiger partial charge in [-0.15, -0.1) is 0 Å². The Balaban J connectivity index is 2.16. The second kappa shape index (κ2) is 6.15. The van der Waals surface area contributed by atoms with E-state index in [-0.39, 0.29) is 0 Å². The summed E-state index contributed by atoms with van der Waals surface area (Å²) in [5, 5.41) is 11.5. The van der Waals surface area contributed by atoms with Crippen LogP contribution in [0, 0.1) is 5.92 Å². The van der Waals surface area contributed by atoms with Gasteiger partial charge in [-0.1, -0.05) is 30.9 Å². The molecule has 3 heteroatoms. The van der Waals surface area contributed by atoms with Crippen LogP contribution in [0.1, 0.15) is 44.6 Å². The van der Waals surface area contributed by atoms with E-state index in [9.17, 15) is 5.11 Å². The minimum absolute atomic E-state index is 0.380. The van der Waals surface area contributed by atoms with Crippen LogP contribution in [0.25, 0.3) is 0 Å². The first kappa shape index (κ1) is 14.7. The van der Waals surface area contributed by atoms with Crippen molar-refractivity contribution >= 4 is 11.6 Å². The van der Waals surface area contributed by atoms with E-state index in [1.54, 1.807) is 7.11 Å². The Hall–Kier alpha value is -0.730. The van der Waals surface area contributed by atoms with Crippen LogP contribution in [0.15, 0.2) is 18.2 Å². The van der Waals surface area contributed by atoms with Crippen molar-refractivity contribution in [2.45, 2.75) is 51.0 Å². The summed E-state index contributed by atoms with van der Waals surface area (Å²) in [5.41, 5.74) is 0.309. The molecule has 1 aromatic rings. The molecule has 2 nitrogen and oxygen atoms in total. The van der Waals surface area contributed by atoms with Crippen LogP contribution in [0.4, 0.5) is 0 Å². The van der Waals surface area contributed by atoms with E-state index >= 15 is 0 Å². The van der Waals surface area contributed by atoms with Crippen LogP contribution in [-0.2, 0) is 6.42 Å². The zero-order valence-corrected chi connectivity index (χ0v) is 12.5. The third-order valence-electron chi connectivity index (χ3n) is 4.28. The molecule has 1 aliphatic rings. The molecule has 1 fully saturated rings. The molecule has 2 rings (SSSR count). The lowest BCUT2D eigenvalue weighted by Crippen LogP contribution is -2.38. The second-order valence-corrected chi connectivity index (χ2v) is 6.26. The molecule has 1 unspecified atom stereocenters. The van der Waals surface area contributed by atoms with Gasteiger partial charge in [-0.2, -0.15) is 0 Å². The number of halogens is 1. The van der Waals surface area contributed by atoms with Gasteiger partial charge in [-0.3, -0.25) is 0 Å². The zero-order valence-electron chi connectivity index (χ0n) is 11.8. The molecular weight excluding hydrogens is 260 g/mol. The van der Waals surface area contributed by atoms with Crippen molar-refractivity contribution < 1.29 is 9.84 Å². The number of aliphatic hydroxyl groups is 1. The molecule has 1 aliphatic carbocycles. The quantitative estimate of drug-likeness (QED) is 0.896. The molecule has 1 atom stereocenters. The van der Waals surface area contributed by atoms with Crippen molar-refractivity contribution in [3.63, 3.8) is 0 Å². The van der Waals surface area contributed by atoms with Crippen molar-refractivity contribution in [1.29, 1.82) is 0 Å². The van der Waals surface area contributed by atoms with E-state index in [4.69, 9.17) is 16.3 Å². The molecule has 0 heterocycles. The largest absolute Gasteiger partial charge is 0.496 e. The maximum Gasteiger partial charge on any atom is 0.122 e. The van der Waals surface area contributed by atoms with E-state index in [1.165, 1.54) is 19.3 Å². The van der Waals surface area contributed by atoms with Crippen LogP contribution in [-0.4, -0.2) is 17.8 Å². The van der Waals surface area contributed by atoms with Gasteiger partial charge in [0.1, 0.15) is 5.75 Å². The number of benzene rings is 1. The fraction of sp³-hybridized carbons (Fsp3) is 0.625. The number of hydrogen-bond donors (Lipinski definition) is 1. The van der Waals surface area contributed by atoms with Gasteiger partial charge in [0, 0.05) is 11.4 Å². The number of hydrogen-bond acceptors (Lipinski definition) is 2. The fourth-order valence-corrected chi connectivity index (χ4v) is 3.33. The summed E-state index contributed by atoms with van der Waals surface area (Å²) >= 11 is 6.05. The normalized spacial score (nSPS) is 20.0. The molecule has 0 aromatic heterocycles. The molecule has 0 radical (unpaired) electrons. The Morgan fingerprint density at radius 3 is 2.63 bits per heavy atom. The third kappa shape index (κ3) is 3.64. The smallest absolute Gasteiger partial charge is 0.122 e. The molecule has 0 aliphatic heterocycles. The molecule has 1 N–H and O–H groups in total. The average molecular weight is 283 g/mol. The van der Waals surface area contributed by atoms with E-state index in [1.807, 2.05) is 25.1 Å². The molecule has 0 bridgehead atoms. The molecule has 0 saturated heterocycles. The minimum atomic E-state index is -0.682. The Morgan fingerprint density at radius 2 is 2.00 bits per heavy atom. The average Bonchev–Trinajstić information content (AvgIpc) is 2.39. The van der Waals surface area contributed by atoms with E-state index in [0.29, 0.717) is 17.4 Å². The zero-order chi connectivity index (χ0) is 13.9. The maximum absolute atomic E-state index is 10.8. The predicted octanol–water partition coefficient (Wildman–Crippen LogP) is 4.22. The summed E-state index contributed by atoms with van der Waals surface area (Å²) in [6.07, 6.45) is 6.60. The van der Waals surface area contributed by atoms with Gasteiger partial charge in [-0.05, 0) is 49.4 Å². The van der Waals surface area contributed by atoms with Gasteiger partial charge in [0.2, 0.25) is 0 Å². The monoisotopic (exact) mass is 282 g/mol. The Labute approximate surface area is 120 Å². The highest BCUT2D eigenvalue weighted by molar-refractivity contribution is 6.30. The van der Waals surface area contributed by atoms with Gasteiger partial charge >= 0.3 is 0 Å². The number of methoxy groups -OCH3 is 1. The summed E-state index contributed by atoms with van der Waals surface area (Å²) in [5.74, 6) is 1.19. The van der Waals surface area contributed by atoms with Crippen molar-refractivity contribution in [2.24, 2.45) is 5.92 Å². The minimum Gasteiger partial charge on any atom is -0.496 e. The molecule has 0 spiro atoms. The summed E-state index contributed by atoms with van der Waals surface area (Å²) in [6, 6.07) is 5.59. The summed E-state index contributed by atoms with van der Waals surface area (Å²) < 4.78 is 5.36. The van der Waals surface area contributed by atoms with Crippen molar-refractivity contribution in [2.75, 3.05) is 7.11 Å². The van der Waals surface area contributed by atoms with Crippen molar-refractivity contribution in [3.8, 4) is 5.75 Å². The molecule has 19 heavy (non-hydrogen) atoms. The molecule has 0 amide bonds. The van der Waals surface area contributed by atoms with Gasteiger partial charge in [-0.25, -0.2) is 0 Å². The summed E-state index contributed by atoms with van der Waals surface area (Å²) in [4.78, 5) is 0. The van der Waals surface area contributed by atoms with Gasteiger partial charge < -0.3 is 9.84 Å². The summed E-state index contributed by atoms with van der Waals surface area (Å²) in [6.45, 7) is 1.95. The van der Waals surface area contributed by atoms with Crippen LogP contribution in [0.5, 0.6) is 5.75 Å². The molecule has 1 saturated carbocycles. The van der Waals surface area contributed by atoms with Crippen LogP contribution in [0.2, 0.25) is 5.02 Å². The van der Waals surface area contributed by atoms with Crippen LogP contribution >= 0.6 is 11.6 Å². The van der Waals surface area contributed by atoms with E-state index in [2.05, 4.69) is 0 Å². The lowest BCUT2D eigenvalue weighted by Gasteiger charge is -2.36. The highest BCUT2D eigenvalue weighted by atomic mass is 35.5. The molecule has 106 valence electrons. The first-order valence-corrected chi connectivity index (χ1v) is 7.45. The Bertz CT molecular complexity index is 423. The number of rotatable bonds is 4. The third-order valence-corrected chi connectivity index (χ3v) is 4.51. The standard InChI is InChI=1S/C16H23ClO2/c1-16(18,13-6-4-3-5-7-13)11-12-10-14(17)8-9-15(12)19-2/h8-10,13,18H,3-7,11H2,1-2H3. The topological polar surface area (TPSA) is 29.5 Å². The maximum atomic E-state index is 10.8. The van der Waals surface area contributed by atoms with Crippen LogP contribution < -0.4 is 4.74 Å². The molecule has 1 aromatic carbocycles. The lowest BCUT2D eigenvalue weighted by molar-refractivity contribution is -0.0163. The van der Waals surface area contributed by atoms with Gasteiger partial charge in [0.15, 0.2) is 0 Å². The second-order valence-electron chi connectivity index (χ2n) is 5.83. The molecular formula is C16H23ClO2. The first-order valence-electron chi connectivity index (χ1n) is 7.08. The lowest BCUT2D eigenvalue weighted by atomic mass is 9.75. The predicted molar refractivity (Wildman–Crippen MR) is 78.9 cm³/mol. The number of ether oxygens (including phenoxy) is 1. The van der Waals surface area contributed by atoms with Crippen molar-refractivity contribution in [1.82, 2.24) is 0 Å². The van der Waals surface area contributed by atoms with Gasteiger partial charge in [0.05, 0.1) is 12.7 Å². The SMILES string of the molecule is COc1ccc(Cl)cc1CC(C)(O)C1CCCCC1. The fourth-order valence-electron chi connectivity index (χ4n) is 3.14. The summed E-state index contributed by atoms with van der Waals surface area (Å²) in [7, 11) is 1.65. The highest BCUT2D eigenvalue weighted by Gasteiger charge is 2.33. The first-order chi connectivity index (χ1) is 9.03. The Kier molecular flexibility index (Phi) is 4.75. The van der Waals surface area contributed by atoms with Gasteiger partial charge in [0.25, 0.3) is 0 Å². The van der Waals surface area contributed by atoms with Crippen LogP contribution in [0.3, 0.4) is 0 Å². The van der Waals surface area contributed by atoms with E-state index in [0.717, 1.165) is 24.2 Å². The van der Waals surface area contributed by atoms with E-state index < -0.39 is 5.60 Å². The highest BCUT2D eigenvalue weighted by Crippen LogP contribution is 2.36. The van der Waals surface area contributed by atoms with Crippen molar-refractivity contribution in [3.05, 3.63) is 28.8 Å².